The fourth-order valence-electron chi connectivity index (χ4n) is 4.93. The number of benzene rings is 2. The molecule has 0 spiro atoms. The van der Waals surface area contributed by atoms with E-state index in [0.717, 1.165) is 0 Å². The predicted molar refractivity (Wildman–Crippen MR) is 184 cm³/mol. The Kier molecular flexibility index (Phi) is 16.3. The van der Waals surface area contributed by atoms with Gasteiger partial charge in [0.25, 0.3) is 10.1 Å². The second-order valence-electron chi connectivity index (χ2n) is 12.7. The number of nitrogens with one attached hydrogen (secondary N) is 5. The highest BCUT2D eigenvalue weighted by Gasteiger charge is 2.33. The zero-order chi connectivity index (χ0) is 36.7. The van der Waals surface area contributed by atoms with Gasteiger partial charge in [-0.1, -0.05) is 88.4 Å². The van der Waals surface area contributed by atoms with Gasteiger partial charge in [-0.3, -0.25) is 28.5 Å². The molecule has 14 nitrogen and oxygen atoms in total. The Morgan fingerprint density at radius 2 is 1.10 bits per heavy atom. The molecule has 0 aromatic heterocycles. The van der Waals surface area contributed by atoms with Gasteiger partial charge in [-0.2, -0.15) is 8.42 Å². The number of carboxylic acid groups (broad SMARTS) is 1. The van der Waals surface area contributed by atoms with Crippen LogP contribution in [-0.4, -0.2) is 90.2 Å². The first-order chi connectivity index (χ1) is 23.0. The number of amides is 4. The Morgan fingerprint density at radius 3 is 1.53 bits per heavy atom. The second-order valence-corrected chi connectivity index (χ2v) is 14.3. The summed E-state index contributed by atoms with van der Waals surface area (Å²) < 4.78 is 31.5. The van der Waals surface area contributed by atoms with E-state index in [1.54, 1.807) is 74.5 Å². The van der Waals surface area contributed by atoms with Crippen molar-refractivity contribution >= 4 is 39.7 Å². The van der Waals surface area contributed by atoms with Crippen LogP contribution in [0, 0.1) is 11.8 Å². The SMILES string of the molecule is CC(C)C[C@@H](NCCS(=O)(=O)O)C(=O)N[C@@H](C(=O)N[C@H](Cc1ccccc1)C(=O)N[C@H](Cc1ccccc1)C(=O)N[C@H](C)C(=O)O)C(C)C. The normalized spacial score (nSPS) is 14.6. The lowest BCUT2D eigenvalue weighted by Gasteiger charge is -2.28. The van der Waals surface area contributed by atoms with Crippen molar-refractivity contribution < 1.29 is 42.0 Å². The van der Waals surface area contributed by atoms with Crippen LogP contribution in [0.25, 0.3) is 0 Å². The quantitative estimate of drug-likeness (QED) is 0.0973. The van der Waals surface area contributed by atoms with Crippen LogP contribution in [0.1, 0.15) is 52.2 Å². The molecule has 0 aliphatic carbocycles. The van der Waals surface area contributed by atoms with E-state index in [4.69, 9.17) is 4.55 Å². The monoisotopic (exact) mass is 703 g/mol. The van der Waals surface area contributed by atoms with E-state index in [9.17, 15) is 37.5 Å². The molecular weight excluding hydrogens is 654 g/mol. The van der Waals surface area contributed by atoms with Crippen LogP contribution in [0.2, 0.25) is 0 Å². The molecule has 5 atom stereocenters. The molecule has 2 rings (SSSR count). The Labute approximate surface area is 287 Å². The minimum atomic E-state index is -4.26. The molecule has 270 valence electrons. The Morgan fingerprint density at radius 1 is 0.653 bits per heavy atom. The van der Waals surface area contributed by atoms with Crippen LogP contribution in [0.3, 0.4) is 0 Å². The van der Waals surface area contributed by atoms with Gasteiger partial charge < -0.3 is 31.7 Å². The van der Waals surface area contributed by atoms with Gasteiger partial charge in [0, 0.05) is 19.4 Å². The number of carboxylic acids is 1. The Balaban J connectivity index is 2.33. The van der Waals surface area contributed by atoms with Gasteiger partial charge in [0.1, 0.15) is 24.2 Å². The summed E-state index contributed by atoms with van der Waals surface area (Å²) in [5.41, 5.74) is 1.41. The molecule has 0 saturated heterocycles. The first kappa shape index (κ1) is 40.8. The maximum absolute atomic E-state index is 13.9. The molecule has 2 aromatic carbocycles. The van der Waals surface area contributed by atoms with Gasteiger partial charge in [-0.05, 0) is 36.3 Å². The Hall–Kier alpha value is -4.34. The molecule has 0 heterocycles. The van der Waals surface area contributed by atoms with Crippen LogP contribution >= 0.6 is 0 Å². The predicted octanol–water partition coefficient (Wildman–Crippen LogP) is 1.06. The molecule has 0 fully saturated rings. The third-order valence-corrected chi connectivity index (χ3v) is 8.30. The first-order valence-electron chi connectivity index (χ1n) is 16.2. The molecule has 0 saturated carbocycles. The highest BCUT2D eigenvalue weighted by molar-refractivity contribution is 7.85. The summed E-state index contributed by atoms with van der Waals surface area (Å²) in [6.07, 6.45) is 0.396. The average molecular weight is 704 g/mol. The molecule has 49 heavy (non-hydrogen) atoms. The van der Waals surface area contributed by atoms with Crippen molar-refractivity contribution in [2.45, 2.75) is 84.1 Å². The van der Waals surface area contributed by atoms with Gasteiger partial charge in [-0.25, -0.2) is 0 Å². The molecule has 2 aromatic rings. The van der Waals surface area contributed by atoms with E-state index in [1.165, 1.54) is 6.92 Å². The van der Waals surface area contributed by atoms with Gasteiger partial charge in [0.15, 0.2) is 0 Å². The first-order valence-corrected chi connectivity index (χ1v) is 17.8. The molecule has 0 aliphatic heterocycles. The molecule has 0 bridgehead atoms. The molecule has 0 unspecified atom stereocenters. The topological polar surface area (TPSA) is 220 Å². The molecule has 15 heteroatoms. The van der Waals surface area contributed by atoms with Crippen molar-refractivity contribution in [2.24, 2.45) is 11.8 Å². The summed E-state index contributed by atoms with van der Waals surface area (Å²) in [4.78, 5) is 65.6. The summed E-state index contributed by atoms with van der Waals surface area (Å²) in [6, 6.07) is 12.1. The standard InChI is InChI=1S/C34H49N5O9S/c1-21(2)18-26(35-16-17-49(46,47)48)30(40)39-29(22(3)4)33(43)38-28(20-25-14-10-7-11-15-25)32(42)37-27(19-24-12-8-6-9-13-24)31(41)36-23(5)34(44)45/h6-15,21-23,26-29,35H,16-20H2,1-5H3,(H,36,41)(H,37,42)(H,38,43)(H,39,40)(H,44,45)(H,46,47,48)/t23-,26-,27-,28-,29-/m1/s1. The number of aliphatic carboxylic acids is 1. The van der Waals surface area contributed by atoms with Crippen molar-refractivity contribution in [3.8, 4) is 0 Å². The zero-order valence-corrected chi connectivity index (χ0v) is 29.3. The van der Waals surface area contributed by atoms with Gasteiger partial charge in [0.05, 0.1) is 11.8 Å². The lowest BCUT2D eigenvalue weighted by Crippen LogP contribution is -2.60. The number of rotatable bonds is 20. The summed E-state index contributed by atoms with van der Waals surface area (Å²) in [5.74, 6) is -4.90. The maximum Gasteiger partial charge on any atom is 0.325 e. The van der Waals surface area contributed by atoms with Crippen LogP contribution in [0.15, 0.2) is 60.7 Å². The second kappa shape index (κ2) is 19.6. The lowest BCUT2D eigenvalue weighted by atomic mass is 9.98. The fourth-order valence-corrected chi connectivity index (χ4v) is 5.31. The molecular formula is C34H49N5O9S. The van der Waals surface area contributed by atoms with E-state index >= 15 is 0 Å². The van der Waals surface area contributed by atoms with Crippen molar-refractivity contribution in [3.05, 3.63) is 71.8 Å². The van der Waals surface area contributed by atoms with E-state index in [-0.39, 0.29) is 25.3 Å². The minimum Gasteiger partial charge on any atom is -0.480 e. The maximum atomic E-state index is 13.9. The Bertz CT molecular complexity index is 1500. The third kappa shape index (κ3) is 15.2. The summed E-state index contributed by atoms with van der Waals surface area (Å²) >= 11 is 0. The molecule has 7 N–H and O–H groups in total. The summed E-state index contributed by atoms with van der Waals surface area (Å²) in [6.45, 7) is 8.28. The lowest BCUT2D eigenvalue weighted by molar-refractivity contribution is -0.141. The van der Waals surface area contributed by atoms with E-state index in [0.29, 0.717) is 17.5 Å². The smallest absolute Gasteiger partial charge is 0.325 e. The van der Waals surface area contributed by atoms with Crippen molar-refractivity contribution in [1.29, 1.82) is 0 Å². The van der Waals surface area contributed by atoms with E-state index in [2.05, 4.69) is 26.6 Å². The van der Waals surface area contributed by atoms with E-state index in [1.807, 2.05) is 13.8 Å². The number of carbonyl (C=O) groups is 5. The summed E-state index contributed by atoms with van der Waals surface area (Å²) in [7, 11) is -4.26. The van der Waals surface area contributed by atoms with Crippen LogP contribution in [-0.2, 0) is 46.9 Å². The third-order valence-electron chi connectivity index (χ3n) is 7.58. The van der Waals surface area contributed by atoms with Crippen LogP contribution in [0.4, 0.5) is 0 Å². The highest BCUT2D eigenvalue weighted by atomic mass is 32.2. The highest BCUT2D eigenvalue weighted by Crippen LogP contribution is 2.11. The minimum absolute atomic E-state index is 0.0266. The van der Waals surface area contributed by atoms with Crippen LogP contribution in [0.5, 0.6) is 0 Å². The molecule has 0 radical (unpaired) electrons. The largest absolute Gasteiger partial charge is 0.480 e. The van der Waals surface area contributed by atoms with Gasteiger partial charge >= 0.3 is 5.97 Å². The van der Waals surface area contributed by atoms with E-state index < -0.39 is 81.6 Å². The fraction of sp³-hybridized carbons (Fsp3) is 0.500. The number of carbonyl (C=O) groups excluding carboxylic acids is 4. The molecule has 4 amide bonds. The van der Waals surface area contributed by atoms with Crippen molar-refractivity contribution in [1.82, 2.24) is 26.6 Å². The average Bonchev–Trinajstić information content (AvgIpc) is 3.02. The van der Waals surface area contributed by atoms with Crippen LogP contribution < -0.4 is 26.6 Å². The summed E-state index contributed by atoms with van der Waals surface area (Å²) in [5, 5.41) is 22.7. The zero-order valence-electron chi connectivity index (χ0n) is 28.5. The van der Waals surface area contributed by atoms with Gasteiger partial charge in [0.2, 0.25) is 23.6 Å². The number of hydrogen-bond acceptors (Lipinski definition) is 8. The number of hydrogen-bond donors (Lipinski definition) is 7. The molecule has 0 aliphatic rings. The van der Waals surface area contributed by atoms with Crippen molar-refractivity contribution in [2.75, 3.05) is 12.3 Å². The van der Waals surface area contributed by atoms with Crippen molar-refractivity contribution in [3.63, 3.8) is 0 Å². The van der Waals surface area contributed by atoms with Gasteiger partial charge in [-0.15, -0.1) is 0 Å².